The van der Waals surface area contributed by atoms with Crippen LogP contribution in [0.25, 0.3) is 0 Å². The Kier molecular flexibility index (Phi) is 8.06. The molecule has 5 heteroatoms. The van der Waals surface area contributed by atoms with Crippen LogP contribution in [0.15, 0.2) is 48.5 Å². The minimum atomic E-state index is -0.575. The highest BCUT2D eigenvalue weighted by Crippen LogP contribution is 2.17. The lowest BCUT2D eigenvalue weighted by molar-refractivity contribution is -0.140. The number of rotatable bonds is 8. The first-order valence-corrected chi connectivity index (χ1v) is 10.0. The van der Waals surface area contributed by atoms with Gasteiger partial charge in [-0.3, -0.25) is 9.59 Å². The Morgan fingerprint density at radius 3 is 2.43 bits per heavy atom. The van der Waals surface area contributed by atoms with E-state index in [9.17, 15) is 9.59 Å². The van der Waals surface area contributed by atoms with Crippen molar-refractivity contribution < 1.29 is 9.59 Å². The number of carbonyl (C=O) groups excluding carboxylic acids is 2. The Bertz CT molecular complexity index is 820. The first-order valence-electron chi connectivity index (χ1n) is 9.64. The van der Waals surface area contributed by atoms with Crippen LogP contribution in [-0.4, -0.2) is 29.3 Å². The Balaban J connectivity index is 2.22. The molecule has 0 unspecified atom stereocenters. The number of carbonyl (C=O) groups is 2. The van der Waals surface area contributed by atoms with E-state index in [1.165, 1.54) is 0 Å². The molecule has 0 spiro atoms. The zero-order valence-electron chi connectivity index (χ0n) is 17.0. The number of hydrogen-bond donors (Lipinski definition) is 1. The lowest BCUT2D eigenvalue weighted by Gasteiger charge is -2.29. The molecule has 0 saturated carbocycles. The minimum absolute atomic E-state index is 0.0820. The van der Waals surface area contributed by atoms with Gasteiger partial charge in [0.1, 0.15) is 6.04 Å². The SMILES string of the molecule is Cc1ccccc1CC(=O)N(Cc1cccc(Cl)c1)[C@@H](C)C(=O)NCC(C)C. The Morgan fingerprint density at radius 2 is 1.79 bits per heavy atom. The number of benzene rings is 2. The summed E-state index contributed by atoms with van der Waals surface area (Å²) in [5, 5.41) is 3.54. The molecule has 2 amide bonds. The number of aryl methyl sites for hydroxylation is 1. The molecule has 0 saturated heterocycles. The highest BCUT2D eigenvalue weighted by atomic mass is 35.5. The molecule has 0 bridgehead atoms. The fraction of sp³-hybridized carbons (Fsp3) is 0.391. The van der Waals surface area contributed by atoms with E-state index < -0.39 is 6.04 Å². The standard InChI is InChI=1S/C23H29ClN2O2/c1-16(2)14-25-23(28)18(4)26(15-19-9-7-11-21(24)12-19)22(27)13-20-10-6-5-8-17(20)3/h5-12,16,18H,13-15H2,1-4H3,(H,25,28)/t18-/m0/s1. The smallest absolute Gasteiger partial charge is 0.242 e. The van der Waals surface area contributed by atoms with Gasteiger partial charge in [-0.25, -0.2) is 0 Å². The van der Waals surface area contributed by atoms with E-state index in [4.69, 9.17) is 11.6 Å². The van der Waals surface area contributed by atoms with Crippen molar-refractivity contribution >= 4 is 23.4 Å². The van der Waals surface area contributed by atoms with Crippen LogP contribution in [-0.2, 0) is 22.6 Å². The lowest BCUT2D eigenvalue weighted by atomic mass is 10.0. The zero-order valence-corrected chi connectivity index (χ0v) is 17.8. The van der Waals surface area contributed by atoms with Crippen LogP contribution in [0.5, 0.6) is 0 Å². The van der Waals surface area contributed by atoms with Crippen molar-refractivity contribution in [2.75, 3.05) is 6.54 Å². The molecule has 0 fully saturated rings. The monoisotopic (exact) mass is 400 g/mol. The summed E-state index contributed by atoms with van der Waals surface area (Å²) in [6, 6.07) is 14.6. The molecule has 0 radical (unpaired) electrons. The summed E-state index contributed by atoms with van der Waals surface area (Å²) in [6.45, 7) is 8.76. The molecule has 0 aromatic heterocycles. The molecular formula is C23H29ClN2O2. The van der Waals surface area contributed by atoms with Gasteiger partial charge in [-0.15, -0.1) is 0 Å². The number of hydrogen-bond acceptors (Lipinski definition) is 2. The highest BCUT2D eigenvalue weighted by Gasteiger charge is 2.26. The number of nitrogens with one attached hydrogen (secondary N) is 1. The second-order valence-corrected chi connectivity index (χ2v) is 8.01. The molecule has 28 heavy (non-hydrogen) atoms. The van der Waals surface area contributed by atoms with Gasteiger partial charge in [0, 0.05) is 18.1 Å². The van der Waals surface area contributed by atoms with Crippen LogP contribution in [0, 0.1) is 12.8 Å². The largest absolute Gasteiger partial charge is 0.354 e. The van der Waals surface area contributed by atoms with Gasteiger partial charge in [0.15, 0.2) is 0 Å². The molecule has 2 rings (SSSR count). The van der Waals surface area contributed by atoms with E-state index >= 15 is 0 Å². The lowest BCUT2D eigenvalue weighted by Crippen LogP contribution is -2.48. The van der Waals surface area contributed by atoms with Crippen LogP contribution in [0.1, 0.15) is 37.5 Å². The van der Waals surface area contributed by atoms with E-state index in [1.54, 1.807) is 17.9 Å². The maximum Gasteiger partial charge on any atom is 0.242 e. The van der Waals surface area contributed by atoms with Gasteiger partial charge in [-0.05, 0) is 48.6 Å². The zero-order chi connectivity index (χ0) is 20.7. The van der Waals surface area contributed by atoms with Crippen LogP contribution in [0.4, 0.5) is 0 Å². The van der Waals surface area contributed by atoms with Crippen molar-refractivity contribution in [2.24, 2.45) is 5.92 Å². The molecule has 2 aromatic carbocycles. The second kappa shape index (κ2) is 10.3. The summed E-state index contributed by atoms with van der Waals surface area (Å²) < 4.78 is 0. The number of amides is 2. The average molecular weight is 401 g/mol. The molecule has 1 N–H and O–H groups in total. The fourth-order valence-electron chi connectivity index (χ4n) is 2.94. The molecule has 4 nitrogen and oxygen atoms in total. The molecule has 0 aliphatic carbocycles. The summed E-state index contributed by atoms with van der Waals surface area (Å²) >= 11 is 6.10. The molecule has 1 atom stereocenters. The topological polar surface area (TPSA) is 49.4 Å². The van der Waals surface area contributed by atoms with Crippen molar-refractivity contribution in [2.45, 2.75) is 46.7 Å². The van der Waals surface area contributed by atoms with Gasteiger partial charge in [-0.2, -0.15) is 0 Å². The van der Waals surface area contributed by atoms with Gasteiger partial charge in [-0.1, -0.05) is 61.8 Å². The van der Waals surface area contributed by atoms with E-state index in [-0.39, 0.29) is 18.2 Å². The van der Waals surface area contributed by atoms with Crippen LogP contribution < -0.4 is 5.32 Å². The summed E-state index contributed by atoms with van der Waals surface area (Å²) in [6.07, 6.45) is 0.259. The van der Waals surface area contributed by atoms with Crippen LogP contribution in [0.2, 0.25) is 5.02 Å². The predicted octanol–water partition coefficient (Wildman–Crippen LogP) is 4.38. The summed E-state index contributed by atoms with van der Waals surface area (Å²) in [5.74, 6) is 0.121. The summed E-state index contributed by atoms with van der Waals surface area (Å²) in [5.41, 5.74) is 2.93. The van der Waals surface area contributed by atoms with Gasteiger partial charge in [0.2, 0.25) is 11.8 Å². The summed E-state index contributed by atoms with van der Waals surface area (Å²) in [7, 11) is 0. The van der Waals surface area contributed by atoms with Crippen molar-refractivity contribution in [1.82, 2.24) is 10.2 Å². The molecule has 0 aliphatic rings. The quantitative estimate of drug-likeness (QED) is 0.714. The van der Waals surface area contributed by atoms with Gasteiger partial charge < -0.3 is 10.2 Å². The maximum absolute atomic E-state index is 13.2. The molecule has 0 aliphatic heterocycles. The van der Waals surface area contributed by atoms with Gasteiger partial charge >= 0.3 is 0 Å². The van der Waals surface area contributed by atoms with E-state index in [2.05, 4.69) is 5.32 Å². The first-order chi connectivity index (χ1) is 13.3. The Hall–Kier alpha value is -2.33. The number of halogens is 1. The van der Waals surface area contributed by atoms with Gasteiger partial charge in [0.25, 0.3) is 0 Å². The molecular weight excluding hydrogens is 372 g/mol. The van der Waals surface area contributed by atoms with E-state index in [0.717, 1.165) is 16.7 Å². The third kappa shape index (κ3) is 6.38. The number of nitrogens with zero attached hydrogens (tertiary/aromatic N) is 1. The van der Waals surface area contributed by atoms with Crippen LogP contribution in [0.3, 0.4) is 0 Å². The van der Waals surface area contributed by atoms with Crippen molar-refractivity contribution in [1.29, 1.82) is 0 Å². The summed E-state index contributed by atoms with van der Waals surface area (Å²) in [4.78, 5) is 27.4. The van der Waals surface area contributed by atoms with Crippen molar-refractivity contribution in [3.05, 3.63) is 70.2 Å². The van der Waals surface area contributed by atoms with Crippen molar-refractivity contribution in [3.8, 4) is 0 Å². The molecule has 150 valence electrons. The average Bonchev–Trinajstić information content (AvgIpc) is 2.65. The third-order valence-electron chi connectivity index (χ3n) is 4.70. The normalized spacial score (nSPS) is 11.9. The Labute approximate surface area is 172 Å². The minimum Gasteiger partial charge on any atom is -0.354 e. The molecule has 2 aromatic rings. The third-order valence-corrected chi connectivity index (χ3v) is 4.93. The van der Waals surface area contributed by atoms with Gasteiger partial charge in [0.05, 0.1) is 6.42 Å². The predicted molar refractivity (Wildman–Crippen MR) is 114 cm³/mol. The fourth-order valence-corrected chi connectivity index (χ4v) is 3.15. The van der Waals surface area contributed by atoms with Crippen molar-refractivity contribution in [3.63, 3.8) is 0 Å². The highest BCUT2D eigenvalue weighted by molar-refractivity contribution is 6.30. The van der Waals surface area contributed by atoms with E-state index in [0.29, 0.717) is 24.0 Å². The maximum atomic E-state index is 13.2. The molecule has 0 heterocycles. The Morgan fingerprint density at radius 1 is 1.07 bits per heavy atom. The van der Waals surface area contributed by atoms with Crippen LogP contribution >= 0.6 is 11.6 Å². The van der Waals surface area contributed by atoms with E-state index in [1.807, 2.05) is 63.2 Å². The second-order valence-electron chi connectivity index (χ2n) is 7.57. The first kappa shape index (κ1) is 22.0.